The smallest absolute Gasteiger partial charge is 0.271 e. The number of halogens is 1. The molecule has 0 saturated carbocycles. The zero-order chi connectivity index (χ0) is 9.02. The number of amides is 1. The summed E-state index contributed by atoms with van der Waals surface area (Å²) in [5.41, 5.74) is 4.88. The van der Waals surface area contributed by atoms with Gasteiger partial charge in [-0.05, 0) is 0 Å². The molecule has 1 amide bonds. The molecular weight excluding hydrogens is 259 g/mol. The van der Waals surface area contributed by atoms with Crippen molar-refractivity contribution in [2.24, 2.45) is 5.73 Å². The number of nitrogens with two attached hydrogens (primary N) is 1. The van der Waals surface area contributed by atoms with E-state index in [0.29, 0.717) is 0 Å². The van der Waals surface area contributed by atoms with Gasteiger partial charge in [0.2, 0.25) is 3.79 Å². The molecule has 60 valence electrons. The first-order valence-corrected chi connectivity index (χ1v) is 3.67. The summed E-state index contributed by atoms with van der Waals surface area (Å²) in [6.45, 7) is 6.47. The van der Waals surface area contributed by atoms with Gasteiger partial charge < -0.3 is 11.1 Å². The van der Waals surface area contributed by atoms with Crippen LogP contribution in [0.5, 0.6) is 0 Å². The maximum Gasteiger partial charge on any atom is 0.271 e. The standard InChI is InChI=1S/C6H7IN2O2/c1-3(8)6(11)9-4(2)5(7)10/h1-2,8H2,(H,9,11). The first-order chi connectivity index (χ1) is 4.95. The highest BCUT2D eigenvalue weighted by molar-refractivity contribution is 14.1. The maximum atomic E-state index is 10.7. The quantitative estimate of drug-likeness (QED) is 0.430. The third-order valence-electron chi connectivity index (χ3n) is 0.793. The Morgan fingerprint density at radius 3 is 2.09 bits per heavy atom. The zero-order valence-electron chi connectivity index (χ0n) is 5.69. The van der Waals surface area contributed by atoms with Crippen LogP contribution in [0.4, 0.5) is 0 Å². The van der Waals surface area contributed by atoms with E-state index in [1.54, 1.807) is 0 Å². The van der Waals surface area contributed by atoms with E-state index in [2.05, 4.69) is 18.5 Å². The van der Waals surface area contributed by atoms with Crippen molar-refractivity contribution in [1.82, 2.24) is 5.32 Å². The highest BCUT2D eigenvalue weighted by Crippen LogP contribution is 1.95. The van der Waals surface area contributed by atoms with Crippen LogP contribution >= 0.6 is 22.6 Å². The molecule has 0 fully saturated rings. The second kappa shape index (κ2) is 4.12. The monoisotopic (exact) mass is 266 g/mol. The van der Waals surface area contributed by atoms with Crippen molar-refractivity contribution in [3.8, 4) is 0 Å². The van der Waals surface area contributed by atoms with Crippen LogP contribution in [0, 0.1) is 0 Å². The average Bonchev–Trinajstić information content (AvgIpc) is 1.87. The lowest BCUT2D eigenvalue weighted by Crippen LogP contribution is -2.28. The van der Waals surface area contributed by atoms with Gasteiger partial charge in [0.1, 0.15) is 0 Å². The van der Waals surface area contributed by atoms with Crippen molar-refractivity contribution in [2.45, 2.75) is 0 Å². The Kier molecular flexibility index (Phi) is 3.80. The van der Waals surface area contributed by atoms with Gasteiger partial charge in [-0.15, -0.1) is 0 Å². The first-order valence-electron chi connectivity index (χ1n) is 2.59. The Morgan fingerprint density at radius 1 is 1.36 bits per heavy atom. The van der Waals surface area contributed by atoms with E-state index >= 15 is 0 Å². The lowest BCUT2D eigenvalue weighted by molar-refractivity contribution is -0.118. The summed E-state index contributed by atoms with van der Waals surface area (Å²) in [6.07, 6.45) is 0. The molecule has 0 aromatic rings. The van der Waals surface area contributed by atoms with Crippen LogP contribution in [-0.2, 0) is 9.59 Å². The van der Waals surface area contributed by atoms with Crippen molar-refractivity contribution in [2.75, 3.05) is 0 Å². The van der Waals surface area contributed by atoms with Crippen molar-refractivity contribution in [3.05, 3.63) is 24.6 Å². The predicted molar refractivity (Wildman–Crippen MR) is 49.6 cm³/mol. The molecule has 0 aliphatic rings. The Bertz CT molecular complexity index is 211. The molecule has 0 heterocycles. The van der Waals surface area contributed by atoms with Crippen LogP contribution < -0.4 is 11.1 Å². The van der Waals surface area contributed by atoms with Gasteiger partial charge in [-0.3, -0.25) is 9.59 Å². The molecule has 0 atom stereocenters. The maximum absolute atomic E-state index is 10.7. The molecule has 5 heteroatoms. The predicted octanol–water partition coefficient (Wildman–Crippen LogP) is 0.0503. The topological polar surface area (TPSA) is 72.2 Å². The van der Waals surface area contributed by atoms with Crippen LogP contribution in [0.25, 0.3) is 0 Å². The summed E-state index contributed by atoms with van der Waals surface area (Å²) in [4.78, 5) is 21.2. The van der Waals surface area contributed by atoms with Crippen molar-refractivity contribution >= 4 is 32.3 Å². The Labute approximate surface area is 77.7 Å². The van der Waals surface area contributed by atoms with Crippen molar-refractivity contribution in [1.29, 1.82) is 0 Å². The second-order valence-corrected chi connectivity index (χ2v) is 2.71. The molecule has 4 nitrogen and oxygen atoms in total. The summed E-state index contributed by atoms with van der Waals surface area (Å²) in [6, 6.07) is 0. The van der Waals surface area contributed by atoms with Crippen LogP contribution in [0.2, 0.25) is 0 Å². The van der Waals surface area contributed by atoms with E-state index < -0.39 is 5.91 Å². The van der Waals surface area contributed by atoms with Crippen LogP contribution in [-0.4, -0.2) is 9.70 Å². The number of carbonyl (C=O) groups is 2. The van der Waals surface area contributed by atoms with E-state index in [1.165, 1.54) is 22.6 Å². The van der Waals surface area contributed by atoms with Gasteiger partial charge in [-0.25, -0.2) is 0 Å². The number of hydrogen-bond donors (Lipinski definition) is 2. The zero-order valence-corrected chi connectivity index (χ0v) is 7.84. The number of carbonyl (C=O) groups excluding carboxylic acids is 2. The van der Waals surface area contributed by atoms with Gasteiger partial charge in [-0.2, -0.15) is 0 Å². The molecule has 0 spiro atoms. The number of allylic oxidation sites excluding steroid dienone is 1. The van der Waals surface area contributed by atoms with E-state index in [4.69, 9.17) is 5.73 Å². The summed E-state index contributed by atoms with van der Waals surface area (Å²) >= 11 is 1.50. The molecule has 0 bridgehead atoms. The molecular formula is C6H7IN2O2. The molecule has 3 N–H and O–H groups in total. The van der Waals surface area contributed by atoms with Gasteiger partial charge in [-0.1, -0.05) is 13.2 Å². The van der Waals surface area contributed by atoms with E-state index in [9.17, 15) is 9.59 Å². The minimum Gasteiger partial charge on any atom is -0.395 e. The van der Waals surface area contributed by atoms with Crippen LogP contribution in [0.3, 0.4) is 0 Å². The normalized spacial score (nSPS) is 8.45. The second-order valence-electron chi connectivity index (χ2n) is 1.73. The van der Waals surface area contributed by atoms with Gasteiger partial charge in [0.05, 0.1) is 11.4 Å². The van der Waals surface area contributed by atoms with Crippen molar-refractivity contribution < 1.29 is 9.59 Å². The number of hydrogen-bond acceptors (Lipinski definition) is 3. The molecule has 0 radical (unpaired) electrons. The van der Waals surface area contributed by atoms with Gasteiger partial charge >= 0.3 is 0 Å². The van der Waals surface area contributed by atoms with E-state index in [0.717, 1.165) is 0 Å². The van der Waals surface area contributed by atoms with Crippen LogP contribution in [0.15, 0.2) is 24.6 Å². The third kappa shape index (κ3) is 3.76. The molecule has 0 saturated heterocycles. The van der Waals surface area contributed by atoms with Crippen molar-refractivity contribution in [3.63, 3.8) is 0 Å². The van der Waals surface area contributed by atoms with E-state index in [1.807, 2.05) is 0 Å². The molecule has 0 rings (SSSR count). The Balaban J connectivity index is 4.07. The average molecular weight is 266 g/mol. The lowest BCUT2D eigenvalue weighted by atomic mass is 10.4. The summed E-state index contributed by atoms with van der Waals surface area (Å²) in [7, 11) is 0. The van der Waals surface area contributed by atoms with Gasteiger partial charge in [0, 0.05) is 22.6 Å². The first kappa shape index (κ1) is 10.2. The molecule has 11 heavy (non-hydrogen) atoms. The number of nitrogens with one attached hydrogen (secondary N) is 1. The summed E-state index contributed by atoms with van der Waals surface area (Å²) in [5.74, 6) is -0.597. The highest BCUT2D eigenvalue weighted by Gasteiger charge is 2.07. The fourth-order valence-corrected chi connectivity index (χ4v) is 0.401. The fraction of sp³-hybridized carbons (Fsp3) is 0. The van der Waals surface area contributed by atoms with Gasteiger partial charge in [0.25, 0.3) is 5.91 Å². The summed E-state index contributed by atoms with van der Waals surface area (Å²) in [5, 5.41) is 2.16. The SMILES string of the molecule is C=C(N)C(=O)NC(=C)C(=O)I. The molecule has 0 aliphatic carbocycles. The Hall–Kier alpha value is -0.850. The minimum absolute atomic E-state index is 0.00204. The third-order valence-corrected chi connectivity index (χ3v) is 1.44. The summed E-state index contributed by atoms with van der Waals surface area (Å²) < 4.78 is -0.336. The van der Waals surface area contributed by atoms with Crippen LogP contribution in [0.1, 0.15) is 0 Å². The van der Waals surface area contributed by atoms with Gasteiger partial charge in [0.15, 0.2) is 0 Å². The molecule has 0 aromatic carbocycles. The molecule has 0 aromatic heterocycles. The lowest BCUT2D eigenvalue weighted by Gasteiger charge is -2.01. The number of rotatable bonds is 3. The minimum atomic E-state index is -0.597. The fourth-order valence-electron chi connectivity index (χ4n) is 0.266. The Morgan fingerprint density at radius 2 is 1.82 bits per heavy atom. The largest absolute Gasteiger partial charge is 0.395 e. The molecule has 0 unspecified atom stereocenters. The highest BCUT2D eigenvalue weighted by atomic mass is 127. The molecule has 0 aliphatic heterocycles. The van der Waals surface area contributed by atoms with E-state index in [-0.39, 0.29) is 15.2 Å².